The summed E-state index contributed by atoms with van der Waals surface area (Å²) in [6.07, 6.45) is -1.14. The second-order valence-electron chi connectivity index (χ2n) is 4.62. The van der Waals surface area contributed by atoms with E-state index < -0.39 is 30.0 Å². The molecular formula is C13H15N3O5. The van der Waals surface area contributed by atoms with E-state index in [4.69, 9.17) is 15.6 Å². The Kier molecular flexibility index (Phi) is 4.08. The van der Waals surface area contributed by atoms with Gasteiger partial charge in [-0.1, -0.05) is 6.07 Å². The Morgan fingerprint density at radius 1 is 1.48 bits per heavy atom. The second kappa shape index (κ2) is 5.80. The van der Waals surface area contributed by atoms with Gasteiger partial charge in [-0.3, -0.25) is 19.7 Å². The lowest BCUT2D eigenvalue weighted by molar-refractivity contribution is -0.154. The van der Waals surface area contributed by atoms with E-state index in [1.54, 1.807) is 18.2 Å². The van der Waals surface area contributed by atoms with Crippen molar-refractivity contribution in [3.63, 3.8) is 0 Å². The van der Waals surface area contributed by atoms with E-state index in [1.165, 1.54) is 6.92 Å². The molecule has 0 aromatic heterocycles. The quantitative estimate of drug-likeness (QED) is 0.449. The van der Waals surface area contributed by atoms with E-state index in [-0.39, 0.29) is 6.54 Å². The Balaban J connectivity index is 2.37. The minimum atomic E-state index is -1.14. The molecule has 2 rings (SSSR count). The van der Waals surface area contributed by atoms with Gasteiger partial charge in [0.25, 0.3) is 5.91 Å². The monoisotopic (exact) mass is 293 g/mol. The molecule has 1 aliphatic rings. The number of nitrogens with one attached hydrogen (secondary N) is 2. The topological polar surface area (TPSA) is 131 Å². The molecule has 0 radical (unpaired) electrons. The van der Waals surface area contributed by atoms with Crippen molar-refractivity contribution in [1.29, 1.82) is 0 Å². The molecule has 0 aliphatic carbocycles. The molecule has 112 valence electrons. The summed E-state index contributed by atoms with van der Waals surface area (Å²) in [5.41, 5.74) is 7.19. The maximum Gasteiger partial charge on any atom is 0.317 e. The summed E-state index contributed by atoms with van der Waals surface area (Å²) >= 11 is 0. The van der Waals surface area contributed by atoms with Crippen LogP contribution in [0.15, 0.2) is 18.2 Å². The van der Waals surface area contributed by atoms with E-state index in [0.29, 0.717) is 16.9 Å². The number of hydrogen-bond donors (Lipinski definition) is 4. The van der Waals surface area contributed by atoms with Gasteiger partial charge >= 0.3 is 11.9 Å². The third kappa shape index (κ3) is 3.29. The van der Waals surface area contributed by atoms with Crippen LogP contribution in [0, 0.1) is 0 Å². The second-order valence-corrected chi connectivity index (χ2v) is 4.62. The number of carbonyl (C=O) groups excluding carboxylic acids is 2. The smallest absolute Gasteiger partial charge is 0.317 e. The van der Waals surface area contributed by atoms with Gasteiger partial charge in [0.05, 0.1) is 12.6 Å². The van der Waals surface area contributed by atoms with Crippen LogP contribution < -0.4 is 16.4 Å². The summed E-state index contributed by atoms with van der Waals surface area (Å²) in [5.74, 6) is -2.25. The van der Waals surface area contributed by atoms with Crippen LogP contribution in [0.4, 0.5) is 11.4 Å². The van der Waals surface area contributed by atoms with Crippen molar-refractivity contribution in [3.05, 3.63) is 23.8 Å². The number of ether oxygens (including phenoxy) is 1. The van der Waals surface area contributed by atoms with Gasteiger partial charge in [0.1, 0.15) is 0 Å². The van der Waals surface area contributed by atoms with Crippen LogP contribution >= 0.6 is 0 Å². The number of benzene rings is 1. The van der Waals surface area contributed by atoms with Crippen LogP contribution in [-0.4, -0.2) is 35.6 Å². The number of hydrogen-bond acceptors (Lipinski definition) is 6. The first-order valence-corrected chi connectivity index (χ1v) is 6.21. The SMILES string of the molecule is CC(=O)OC1C(=O)Nc2cc(N)ccc2C1NCC(=O)O. The number of rotatable bonds is 4. The maximum atomic E-state index is 12.0. The highest BCUT2D eigenvalue weighted by Crippen LogP contribution is 2.33. The fourth-order valence-corrected chi connectivity index (χ4v) is 2.19. The lowest BCUT2D eigenvalue weighted by Crippen LogP contribution is -2.47. The van der Waals surface area contributed by atoms with Crippen molar-refractivity contribution in [1.82, 2.24) is 5.32 Å². The number of carbonyl (C=O) groups is 3. The molecular weight excluding hydrogens is 278 g/mol. The first-order valence-electron chi connectivity index (χ1n) is 6.21. The summed E-state index contributed by atoms with van der Waals surface area (Å²) < 4.78 is 5.00. The molecule has 1 aromatic carbocycles. The Labute approximate surface area is 120 Å². The van der Waals surface area contributed by atoms with Crippen molar-refractivity contribution < 1.29 is 24.2 Å². The number of carboxylic acid groups (broad SMARTS) is 1. The van der Waals surface area contributed by atoms with E-state index in [1.807, 2.05) is 0 Å². The largest absolute Gasteiger partial charge is 0.480 e. The average Bonchev–Trinajstić information content (AvgIpc) is 2.37. The summed E-state index contributed by atoms with van der Waals surface area (Å²) in [7, 11) is 0. The molecule has 21 heavy (non-hydrogen) atoms. The molecule has 1 aromatic rings. The van der Waals surface area contributed by atoms with E-state index in [0.717, 1.165) is 0 Å². The summed E-state index contributed by atoms with van der Waals surface area (Å²) in [5, 5.41) is 14.1. The Hall–Kier alpha value is -2.61. The molecule has 0 fully saturated rings. The van der Waals surface area contributed by atoms with Gasteiger partial charge < -0.3 is 20.9 Å². The highest BCUT2D eigenvalue weighted by molar-refractivity contribution is 5.99. The number of carboxylic acids is 1. The lowest BCUT2D eigenvalue weighted by atomic mass is 9.94. The van der Waals surface area contributed by atoms with Gasteiger partial charge in [0, 0.05) is 18.3 Å². The zero-order valence-electron chi connectivity index (χ0n) is 11.3. The molecule has 5 N–H and O–H groups in total. The molecule has 1 heterocycles. The zero-order valence-corrected chi connectivity index (χ0v) is 11.3. The van der Waals surface area contributed by atoms with E-state index in [9.17, 15) is 14.4 Å². The first-order chi connectivity index (χ1) is 9.88. The molecule has 0 saturated carbocycles. The fourth-order valence-electron chi connectivity index (χ4n) is 2.19. The predicted octanol–water partition coefficient (Wildman–Crippen LogP) is -0.132. The third-order valence-corrected chi connectivity index (χ3v) is 3.00. The molecule has 0 bridgehead atoms. The highest BCUT2D eigenvalue weighted by atomic mass is 16.5. The number of nitrogens with two attached hydrogens (primary N) is 1. The third-order valence-electron chi connectivity index (χ3n) is 3.00. The molecule has 1 amide bonds. The van der Waals surface area contributed by atoms with Crippen molar-refractivity contribution in [2.24, 2.45) is 0 Å². The summed E-state index contributed by atoms with van der Waals surface area (Å²) in [4.78, 5) is 33.9. The number of aliphatic carboxylic acids is 1. The van der Waals surface area contributed by atoms with Gasteiger partial charge in [-0.25, -0.2) is 0 Å². The minimum Gasteiger partial charge on any atom is -0.480 e. The van der Waals surface area contributed by atoms with Crippen molar-refractivity contribution in [2.75, 3.05) is 17.6 Å². The lowest BCUT2D eigenvalue weighted by Gasteiger charge is -2.32. The molecule has 2 unspecified atom stereocenters. The number of esters is 1. The molecule has 8 heteroatoms. The number of fused-ring (bicyclic) bond motifs is 1. The molecule has 0 saturated heterocycles. The van der Waals surface area contributed by atoms with Gasteiger partial charge in [-0.2, -0.15) is 0 Å². The molecule has 2 atom stereocenters. The number of anilines is 2. The van der Waals surface area contributed by atoms with Crippen LogP contribution in [-0.2, 0) is 19.1 Å². The van der Waals surface area contributed by atoms with Crippen LogP contribution in [0.5, 0.6) is 0 Å². The first kappa shape index (κ1) is 14.8. The van der Waals surface area contributed by atoms with Gasteiger partial charge in [0.15, 0.2) is 6.10 Å². The number of nitrogen functional groups attached to an aromatic ring is 1. The zero-order chi connectivity index (χ0) is 15.6. The van der Waals surface area contributed by atoms with Gasteiger partial charge in [-0.05, 0) is 17.7 Å². The van der Waals surface area contributed by atoms with Crippen molar-refractivity contribution >= 4 is 29.2 Å². The summed E-state index contributed by atoms with van der Waals surface area (Å²) in [6, 6.07) is 4.08. The Bertz CT molecular complexity index is 601. The molecule has 1 aliphatic heterocycles. The average molecular weight is 293 g/mol. The predicted molar refractivity (Wildman–Crippen MR) is 73.4 cm³/mol. The van der Waals surface area contributed by atoms with Crippen molar-refractivity contribution in [3.8, 4) is 0 Å². The normalized spacial score (nSPS) is 20.3. The summed E-state index contributed by atoms with van der Waals surface area (Å²) in [6.45, 7) is 0.805. The van der Waals surface area contributed by atoms with Crippen LogP contribution in [0.3, 0.4) is 0 Å². The molecule has 8 nitrogen and oxygen atoms in total. The highest BCUT2D eigenvalue weighted by Gasteiger charge is 2.38. The fraction of sp³-hybridized carbons (Fsp3) is 0.308. The maximum absolute atomic E-state index is 12.0. The Morgan fingerprint density at radius 3 is 2.81 bits per heavy atom. The van der Waals surface area contributed by atoms with E-state index in [2.05, 4.69) is 10.6 Å². The van der Waals surface area contributed by atoms with Crippen LogP contribution in [0.2, 0.25) is 0 Å². The molecule has 0 spiro atoms. The number of amides is 1. The van der Waals surface area contributed by atoms with Gasteiger partial charge in [0.2, 0.25) is 0 Å². The van der Waals surface area contributed by atoms with Crippen LogP contribution in [0.1, 0.15) is 18.5 Å². The van der Waals surface area contributed by atoms with E-state index >= 15 is 0 Å². The standard InChI is InChI=1S/C13H15N3O5/c1-6(17)21-12-11(15-5-10(18)19)8-3-2-7(14)4-9(8)16-13(12)20/h2-4,11-12,15H,5,14H2,1H3,(H,16,20)(H,18,19). The Morgan fingerprint density at radius 2 is 2.19 bits per heavy atom. The minimum absolute atomic E-state index is 0.375. The van der Waals surface area contributed by atoms with Crippen LogP contribution in [0.25, 0.3) is 0 Å². The van der Waals surface area contributed by atoms with Gasteiger partial charge in [-0.15, -0.1) is 0 Å². The van der Waals surface area contributed by atoms with Crippen molar-refractivity contribution in [2.45, 2.75) is 19.1 Å².